The van der Waals surface area contributed by atoms with E-state index < -0.39 is 0 Å². The van der Waals surface area contributed by atoms with Crippen molar-refractivity contribution in [1.82, 2.24) is 5.32 Å². The quantitative estimate of drug-likeness (QED) is 0.590. The minimum Gasteiger partial charge on any atom is -0.497 e. The van der Waals surface area contributed by atoms with Gasteiger partial charge in [-0.3, -0.25) is 4.79 Å². The van der Waals surface area contributed by atoms with E-state index in [1.807, 2.05) is 6.07 Å². The molecule has 0 spiro atoms. The smallest absolute Gasteiger partial charge is 0.261 e. The van der Waals surface area contributed by atoms with Gasteiger partial charge in [0.15, 0.2) is 6.61 Å². The average Bonchev–Trinajstić information content (AvgIpc) is 2.63. The van der Waals surface area contributed by atoms with E-state index in [1.165, 1.54) is 19.3 Å². The van der Waals surface area contributed by atoms with Gasteiger partial charge in [0.05, 0.1) is 20.4 Å². The van der Waals surface area contributed by atoms with Gasteiger partial charge < -0.3 is 19.6 Å². The summed E-state index contributed by atoms with van der Waals surface area (Å²) in [6.45, 7) is -0.0649. The summed E-state index contributed by atoms with van der Waals surface area (Å²) in [5, 5.41) is 7.22. The summed E-state index contributed by atoms with van der Waals surface area (Å²) < 4.78 is 10.5. The first-order chi connectivity index (χ1) is 13.1. The lowest BCUT2D eigenvalue weighted by Gasteiger charge is -2.56. The predicted molar refractivity (Wildman–Crippen MR) is 102 cm³/mol. The summed E-state index contributed by atoms with van der Waals surface area (Å²) >= 11 is 0. The van der Waals surface area contributed by atoms with E-state index in [4.69, 9.17) is 14.3 Å². The second kappa shape index (κ2) is 7.41. The Labute approximate surface area is 160 Å². The van der Waals surface area contributed by atoms with E-state index in [2.05, 4.69) is 10.5 Å². The van der Waals surface area contributed by atoms with Gasteiger partial charge in [0.25, 0.3) is 5.91 Å². The van der Waals surface area contributed by atoms with Gasteiger partial charge in [-0.05, 0) is 74.5 Å². The molecule has 4 aliphatic carbocycles. The number of nitrogens with zero attached hydrogens (tertiary/aromatic N) is 1. The van der Waals surface area contributed by atoms with Crippen LogP contribution in [0.5, 0.6) is 11.5 Å². The highest BCUT2D eigenvalue weighted by molar-refractivity contribution is 5.84. The van der Waals surface area contributed by atoms with Crippen LogP contribution in [0.25, 0.3) is 0 Å². The Morgan fingerprint density at radius 3 is 2.41 bits per heavy atom. The van der Waals surface area contributed by atoms with E-state index in [1.54, 1.807) is 32.6 Å². The summed E-state index contributed by atoms with van der Waals surface area (Å²) in [6.07, 6.45) is 9.02. The fraction of sp³-hybridized carbons (Fsp3) is 0.619. The maximum Gasteiger partial charge on any atom is 0.261 e. The van der Waals surface area contributed by atoms with E-state index >= 15 is 0 Å². The Hall–Kier alpha value is -2.24. The molecular formula is C21H28N2O4. The van der Waals surface area contributed by atoms with Crippen molar-refractivity contribution < 1.29 is 19.1 Å². The molecule has 6 heteroatoms. The molecule has 0 unspecified atom stereocenters. The number of benzene rings is 1. The topological polar surface area (TPSA) is 69.1 Å². The number of nitrogens with one attached hydrogen (secondary N) is 1. The van der Waals surface area contributed by atoms with Gasteiger partial charge >= 0.3 is 0 Å². The number of rotatable bonds is 7. The molecule has 5 rings (SSSR count). The van der Waals surface area contributed by atoms with Crippen LogP contribution in [0, 0.1) is 17.8 Å². The Morgan fingerprint density at radius 2 is 1.81 bits per heavy atom. The van der Waals surface area contributed by atoms with Gasteiger partial charge in [0.2, 0.25) is 0 Å². The standard InChI is InChI=1S/C21H28N2O4/c1-25-18-3-4-19(26-2)17(8-18)12-22-27-13-20(24)23-21-9-14-5-15(10-21)7-16(6-14)11-21/h3-4,8,12,14-16H,5-7,9-11,13H2,1-2H3,(H,23,24)/b22-12-. The van der Waals surface area contributed by atoms with Crippen LogP contribution in [0.15, 0.2) is 23.4 Å². The summed E-state index contributed by atoms with van der Waals surface area (Å²) in [6, 6.07) is 5.43. The molecule has 6 nitrogen and oxygen atoms in total. The second-order valence-electron chi connectivity index (χ2n) is 8.36. The highest BCUT2D eigenvalue weighted by Gasteiger charge is 2.51. The maximum atomic E-state index is 12.4. The summed E-state index contributed by atoms with van der Waals surface area (Å²) in [4.78, 5) is 17.7. The lowest BCUT2D eigenvalue weighted by atomic mass is 9.53. The van der Waals surface area contributed by atoms with Gasteiger partial charge in [-0.1, -0.05) is 5.16 Å². The van der Waals surface area contributed by atoms with Crippen LogP contribution in [0.4, 0.5) is 0 Å². The lowest BCUT2D eigenvalue weighted by Crippen LogP contribution is -2.60. The fourth-order valence-corrected chi connectivity index (χ4v) is 5.73. The van der Waals surface area contributed by atoms with Crippen molar-refractivity contribution in [3.63, 3.8) is 0 Å². The number of oxime groups is 1. The zero-order valence-electron chi connectivity index (χ0n) is 16.1. The van der Waals surface area contributed by atoms with E-state index in [0.717, 1.165) is 42.6 Å². The van der Waals surface area contributed by atoms with Crippen molar-refractivity contribution >= 4 is 12.1 Å². The molecule has 1 amide bonds. The van der Waals surface area contributed by atoms with Crippen LogP contribution in [0.2, 0.25) is 0 Å². The zero-order chi connectivity index (χ0) is 18.9. The minimum atomic E-state index is -0.0771. The zero-order valence-corrected chi connectivity index (χ0v) is 16.1. The van der Waals surface area contributed by atoms with Gasteiger partial charge in [-0.2, -0.15) is 0 Å². The first-order valence-corrected chi connectivity index (χ1v) is 9.77. The SMILES string of the molecule is COc1ccc(OC)c(/C=N\OCC(=O)NC23CC4CC(CC(C4)C2)C3)c1. The molecule has 0 heterocycles. The van der Waals surface area contributed by atoms with Crippen molar-refractivity contribution in [2.75, 3.05) is 20.8 Å². The molecule has 1 aromatic rings. The Kier molecular flexibility index (Phi) is 4.98. The van der Waals surface area contributed by atoms with Gasteiger partial charge in [-0.25, -0.2) is 0 Å². The summed E-state index contributed by atoms with van der Waals surface area (Å²) in [7, 11) is 3.20. The molecule has 0 atom stereocenters. The number of hydrogen-bond donors (Lipinski definition) is 1. The summed E-state index contributed by atoms with van der Waals surface area (Å²) in [5.74, 6) is 3.70. The third-order valence-electron chi connectivity index (χ3n) is 6.34. The molecule has 0 saturated heterocycles. The predicted octanol–water partition coefficient (Wildman–Crippen LogP) is 3.14. The molecular weight excluding hydrogens is 344 g/mol. The van der Waals surface area contributed by atoms with Crippen molar-refractivity contribution in [2.45, 2.75) is 44.1 Å². The third kappa shape index (κ3) is 3.89. The molecule has 4 fully saturated rings. The van der Waals surface area contributed by atoms with Crippen LogP contribution in [-0.2, 0) is 9.63 Å². The second-order valence-corrected chi connectivity index (χ2v) is 8.36. The van der Waals surface area contributed by atoms with Gasteiger partial charge in [-0.15, -0.1) is 0 Å². The number of methoxy groups -OCH3 is 2. The number of ether oxygens (including phenoxy) is 2. The first kappa shape index (κ1) is 18.1. The number of hydrogen-bond acceptors (Lipinski definition) is 5. The molecule has 1 aromatic carbocycles. The highest BCUT2D eigenvalue weighted by Crippen LogP contribution is 2.55. The van der Waals surface area contributed by atoms with Crippen LogP contribution in [0.1, 0.15) is 44.1 Å². The third-order valence-corrected chi connectivity index (χ3v) is 6.34. The van der Waals surface area contributed by atoms with Crippen molar-refractivity contribution in [3.05, 3.63) is 23.8 Å². The molecule has 4 saturated carbocycles. The van der Waals surface area contributed by atoms with Crippen LogP contribution in [-0.4, -0.2) is 38.5 Å². The minimum absolute atomic E-state index is 0.00885. The van der Waals surface area contributed by atoms with Gasteiger partial charge in [0, 0.05) is 11.1 Å². The van der Waals surface area contributed by atoms with Gasteiger partial charge in [0.1, 0.15) is 11.5 Å². The largest absolute Gasteiger partial charge is 0.497 e. The fourth-order valence-electron chi connectivity index (χ4n) is 5.73. The first-order valence-electron chi connectivity index (χ1n) is 9.77. The monoisotopic (exact) mass is 372 g/mol. The van der Waals surface area contributed by atoms with E-state index in [0.29, 0.717) is 11.5 Å². The molecule has 0 aromatic heterocycles. The Bertz CT molecular complexity index is 696. The molecule has 146 valence electrons. The summed E-state index contributed by atoms with van der Waals surface area (Å²) in [5.41, 5.74) is 0.743. The molecule has 1 N–H and O–H groups in total. The molecule has 27 heavy (non-hydrogen) atoms. The van der Waals surface area contributed by atoms with Crippen LogP contribution < -0.4 is 14.8 Å². The lowest BCUT2D eigenvalue weighted by molar-refractivity contribution is -0.131. The van der Waals surface area contributed by atoms with Crippen molar-refractivity contribution in [1.29, 1.82) is 0 Å². The van der Waals surface area contributed by atoms with Crippen molar-refractivity contribution in [2.24, 2.45) is 22.9 Å². The molecule has 0 radical (unpaired) electrons. The molecule has 0 aliphatic heterocycles. The Morgan fingerprint density at radius 1 is 1.15 bits per heavy atom. The normalized spacial score (nSPS) is 31.1. The average molecular weight is 372 g/mol. The number of carbonyl (C=O) groups is 1. The Balaban J connectivity index is 1.31. The molecule has 4 bridgehead atoms. The van der Waals surface area contributed by atoms with Crippen molar-refractivity contribution in [3.8, 4) is 11.5 Å². The molecule has 4 aliphatic rings. The van der Waals surface area contributed by atoms with E-state index in [9.17, 15) is 4.79 Å². The maximum absolute atomic E-state index is 12.4. The number of carbonyl (C=O) groups excluding carboxylic acids is 1. The van der Waals surface area contributed by atoms with Crippen LogP contribution in [0.3, 0.4) is 0 Å². The number of amides is 1. The highest BCUT2D eigenvalue weighted by atomic mass is 16.6. The van der Waals surface area contributed by atoms with Crippen LogP contribution >= 0.6 is 0 Å². The van der Waals surface area contributed by atoms with E-state index in [-0.39, 0.29) is 18.1 Å².